The molecule has 0 aliphatic heterocycles. The molecule has 0 aliphatic rings. The van der Waals surface area contributed by atoms with Gasteiger partial charge in [0.05, 0.1) is 5.69 Å². The Labute approximate surface area is 91.4 Å². The monoisotopic (exact) mass is 211 g/mol. The Hall–Kier alpha value is -0.870. The molecule has 0 radical (unpaired) electrons. The molecular formula is C11H21N3O. The lowest BCUT2D eigenvalue weighted by Crippen LogP contribution is -2.16. The number of ether oxygens (including phenoxy) is 1. The normalized spacial score (nSPS) is 13.0. The molecule has 1 unspecified atom stereocenters. The third-order valence-electron chi connectivity index (χ3n) is 2.44. The summed E-state index contributed by atoms with van der Waals surface area (Å²) < 4.78 is 7.23. The number of nitrogens with zero attached hydrogens (tertiary/aromatic N) is 2. The second-order valence-electron chi connectivity index (χ2n) is 3.52. The quantitative estimate of drug-likeness (QED) is 0.699. The highest BCUT2D eigenvalue weighted by Crippen LogP contribution is 2.15. The standard InChI is InChI=1S/C11H21N3O/c1-3-14-11(7-8-13-14)10(12)6-5-9-15-4-2/h7-8,10H,3-6,9,12H2,1-2H3. The molecule has 1 atom stereocenters. The summed E-state index contributed by atoms with van der Waals surface area (Å²) in [6.07, 6.45) is 3.76. The van der Waals surface area contributed by atoms with E-state index in [0.29, 0.717) is 0 Å². The van der Waals surface area contributed by atoms with Crippen LogP contribution in [0.4, 0.5) is 0 Å². The molecule has 0 fully saturated rings. The molecule has 15 heavy (non-hydrogen) atoms. The minimum Gasteiger partial charge on any atom is -0.382 e. The summed E-state index contributed by atoms with van der Waals surface area (Å²) in [5.74, 6) is 0. The van der Waals surface area contributed by atoms with Crippen LogP contribution in [0.5, 0.6) is 0 Å². The lowest BCUT2D eigenvalue weighted by atomic mass is 10.1. The zero-order valence-electron chi connectivity index (χ0n) is 9.65. The first kappa shape index (κ1) is 12.2. The Bertz CT molecular complexity index is 273. The van der Waals surface area contributed by atoms with Crippen molar-refractivity contribution >= 4 is 0 Å². The molecule has 0 amide bonds. The molecule has 0 spiro atoms. The Morgan fingerprint density at radius 2 is 2.33 bits per heavy atom. The van der Waals surface area contributed by atoms with E-state index >= 15 is 0 Å². The second-order valence-corrected chi connectivity index (χ2v) is 3.52. The Kier molecular flexibility index (Phi) is 5.36. The number of nitrogens with two attached hydrogens (primary N) is 1. The fourth-order valence-electron chi connectivity index (χ4n) is 1.62. The zero-order valence-corrected chi connectivity index (χ0v) is 9.65. The van der Waals surface area contributed by atoms with E-state index in [4.69, 9.17) is 10.5 Å². The van der Waals surface area contributed by atoms with Crippen molar-refractivity contribution < 1.29 is 4.74 Å². The predicted octanol–water partition coefficient (Wildman–Crippen LogP) is 1.72. The number of hydrogen-bond acceptors (Lipinski definition) is 3. The molecule has 86 valence electrons. The largest absolute Gasteiger partial charge is 0.382 e. The van der Waals surface area contributed by atoms with Gasteiger partial charge in [-0.15, -0.1) is 0 Å². The number of rotatable bonds is 7. The van der Waals surface area contributed by atoms with Gasteiger partial charge in [0.1, 0.15) is 0 Å². The summed E-state index contributed by atoms with van der Waals surface area (Å²) in [6, 6.07) is 2.07. The highest BCUT2D eigenvalue weighted by atomic mass is 16.5. The van der Waals surface area contributed by atoms with Crippen LogP contribution in [-0.4, -0.2) is 23.0 Å². The van der Waals surface area contributed by atoms with Crippen molar-refractivity contribution in [2.45, 2.75) is 39.3 Å². The second kappa shape index (κ2) is 6.58. The molecule has 1 aromatic rings. The summed E-state index contributed by atoms with van der Waals surface area (Å²) in [4.78, 5) is 0. The van der Waals surface area contributed by atoms with Gasteiger partial charge in [-0.05, 0) is 32.8 Å². The van der Waals surface area contributed by atoms with Gasteiger partial charge in [0.2, 0.25) is 0 Å². The topological polar surface area (TPSA) is 53.1 Å². The predicted molar refractivity (Wildman–Crippen MR) is 60.6 cm³/mol. The lowest BCUT2D eigenvalue weighted by Gasteiger charge is -2.13. The first-order chi connectivity index (χ1) is 7.29. The molecule has 0 saturated carbocycles. The van der Waals surface area contributed by atoms with Gasteiger partial charge in [0.15, 0.2) is 0 Å². The van der Waals surface area contributed by atoms with Crippen LogP contribution in [0.15, 0.2) is 12.3 Å². The van der Waals surface area contributed by atoms with Crippen molar-refractivity contribution in [2.75, 3.05) is 13.2 Å². The van der Waals surface area contributed by atoms with Crippen LogP contribution in [0.2, 0.25) is 0 Å². The molecule has 1 rings (SSSR count). The fraction of sp³-hybridized carbons (Fsp3) is 0.727. The zero-order chi connectivity index (χ0) is 11.1. The average molecular weight is 211 g/mol. The number of aromatic nitrogens is 2. The Balaban J connectivity index is 2.36. The molecule has 2 N–H and O–H groups in total. The van der Waals surface area contributed by atoms with E-state index < -0.39 is 0 Å². The van der Waals surface area contributed by atoms with E-state index in [-0.39, 0.29) is 6.04 Å². The molecule has 0 saturated heterocycles. The van der Waals surface area contributed by atoms with Crippen LogP contribution in [-0.2, 0) is 11.3 Å². The molecule has 0 aliphatic carbocycles. The van der Waals surface area contributed by atoms with E-state index in [0.717, 1.165) is 38.3 Å². The van der Waals surface area contributed by atoms with Gasteiger partial charge in [0, 0.05) is 32.0 Å². The average Bonchev–Trinajstić information content (AvgIpc) is 2.72. The minimum absolute atomic E-state index is 0.0768. The van der Waals surface area contributed by atoms with Crippen LogP contribution >= 0.6 is 0 Å². The minimum atomic E-state index is 0.0768. The Morgan fingerprint density at radius 1 is 1.53 bits per heavy atom. The van der Waals surface area contributed by atoms with Crippen LogP contribution in [0.25, 0.3) is 0 Å². The van der Waals surface area contributed by atoms with Gasteiger partial charge in [-0.1, -0.05) is 0 Å². The van der Waals surface area contributed by atoms with Gasteiger partial charge >= 0.3 is 0 Å². The first-order valence-electron chi connectivity index (χ1n) is 5.64. The van der Waals surface area contributed by atoms with E-state index in [1.54, 1.807) is 6.20 Å². The SMILES string of the molecule is CCOCCCC(N)c1ccnn1CC. The smallest absolute Gasteiger partial charge is 0.0551 e. The van der Waals surface area contributed by atoms with Crippen molar-refractivity contribution in [3.05, 3.63) is 18.0 Å². The molecule has 0 aromatic carbocycles. The van der Waals surface area contributed by atoms with Crippen LogP contribution in [0, 0.1) is 0 Å². The molecule has 1 heterocycles. The maximum atomic E-state index is 6.08. The van der Waals surface area contributed by atoms with Crippen molar-refractivity contribution in [1.82, 2.24) is 9.78 Å². The third kappa shape index (κ3) is 3.64. The van der Waals surface area contributed by atoms with Crippen LogP contribution in [0.3, 0.4) is 0 Å². The lowest BCUT2D eigenvalue weighted by molar-refractivity contribution is 0.141. The molecule has 4 heteroatoms. The van der Waals surface area contributed by atoms with Crippen molar-refractivity contribution in [2.24, 2.45) is 5.73 Å². The highest BCUT2D eigenvalue weighted by molar-refractivity contribution is 5.05. The van der Waals surface area contributed by atoms with E-state index in [9.17, 15) is 0 Å². The molecule has 0 bridgehead atoms. The van der Waals surface area contributed by atoms with Crippen LogP contribution in [0.1, 0.15) is 38.4 Å². The molecular weight excluding hydrogens is 190 g/mol. The van der Waals surface area contributed by atoms with Gasteiger partial charge in [-0.3, -0.25) is 4.68 Å². The van der Waals surface area contributed by atoms with E-state index in [2.05, 4.69) is 12.0 Å². The highest BCUT2D eigenvalue weighted by Gasteiger charge is 2.10. The summed E-state index contributed by atoms with van der Waals surface area (Å²) >= 11 is 0. The Morgan fingerprint density at radius 3 is 3.00 bits per heavy atom. The third-order valence-corrected chi connectivity index (χ3v) is 2.44. The van der Waals surface area contributed by atoms with Gasteiger partial charge in [0.25, 0.3) is 0 Å². The molecule has 1 aromatic heterocycles. The first-order valence-corrected chi connectivity index (χ1v) is 5.64. The van der Waals surface area contributed by atoms with Gasteiger partial charge in [-0.2, -0.15) is 5.10 Å². The van der Waals surface area contributed by atoms with Crippen LogP contribution < -0.4 is 5.73 Å². The molecule has 4 nitrogen and oxygen atoms in total. The van der Waals surface area contributed by atoms with Crippen molar-refractivity contribution in [3.63, 3.8) is 0 Å². The summed E-state index contributed by atoms with van der Waals surface area (Å²) in [5, 5.41) is 4.21. The number of aryl methyl sites for hydroxylation is 1. The van der Waals surface area contributed by atoms with Gasteiger partial charge in [-0.25, -0.2) is 0 Å². The van der Waals surface area contributed by atoms with Crippen molar-refractivity contribution in [3.8, 4) is 0 Å². The summed E-state index contributed by atoms with van der Waals surface area (Å²) in [6.45, 7) is 6.53. The van der Waals surface area contributed by atoms with E-state index in [1.165, 1.54) is 0 Å². The number of hydrogen-bond donors (Lipinski definition) is 1. The van der Waals surface area contributed by atoms with Gasteiger partial charge < -0.3 is 10.5 Å². The maximum absolute atomic E-state index is 6.08. The summed E-state index contributed by atoms with van der Waals surface area (Å²) in [5.41, 5.74) is 7.20. The summed E-state index contributed by atoms with van der Waals surface area (Å²) in [7, 11) is 0. The maximum Gasteiger partial charge on any atom is 0.0551 e. The van der Waals surface area contributed by atoms with Crippen molar-refractivity contribution in [1.29, 1.82) is 0 Å². The van der Waals surface area contributed by atoms with E-state index in [1.807, 2.05) is 17.7 Å². The fourth-order valence-corrected chi connectivity index (χ4v) is 1.62.